The first kappa shape index (κ1) is 13.3. The molecule has 0 radical (unpaired) electrons. The van der Waals surface area contributed by atoms with Crippen LogP contribution in [0.5, 0.6) is 0 Å². The van der Waals surface area contributed by atoms with Gasteiger partial charge in [0, 0.05) is 6.04 Å². The predicted molar refractivity (Wildman–Crippen MR) is 66.5 cm³/mol. The maximum atomic E-state index is 12.4. The Morgan fingerprint density at radius 1 is 1.11 bits per heavy atom. The molecule has 2 aliphatic carbocycles. The number of nitrogens with zero attached hydrogens (tertiary/aromatic N) is 1. The van der Waals surface area contributed by atoms with E-state index in [0.717, 1.165) is 38.5 Å². The minimum atomic E-state index is -0.547. The largest absolute Gasteiger partial charge is 0.392 e. The Kier molecular flexibility index (Phi) is 4.22. The number of hydrogen-bond acceptors (Lipinski definition) is 3. The van der Waals surface area contributed by atoms with Crippen LogP contribution in [-0.4, -0.2) is 40.5 Å². The van der Waals surface area contributed by atoms with Crippen LogP contribution in [0.25, 0.3) is 0 Å². The number of aliphatic hydroxyl groups is 1. The second-order valence-electron chi connectivity index (χ2n) is 5.48. The van der Waals surface area contributed by atoms with Crippen molar-refractivity contribution >= 4 is 11.8 Å². The molecule has 102 valence electrons. The molecule has 0 aromatic carbocycles. The molecule has 2 rings (SSSR count). The number of primary amides is 1. The van der Waals surface area contributed by atoms with Gasteiger partial charge in [0.1, 0.15) is 0 Å². The summed E-state index contributed by atoms with van der Waals surface area (Å²) in [5.41, 5.74) is 5.24. The third-order valence-corrected chi connectivity index (χ3v) is 4.17. The topological polar surface area (TPSA) is 83.6 Å². The van der Waals surface area contributed by atoms with Crippen LogP contribution >= 0.6 is 0 Å². The molecule has 2 unspecified atom stereocenters. The van der Waals surface area contributed by atoms with E-state index in [0.29, 0.717) is 6.42 Å². The zero-order chi connectivity index (χ0) is 13.1. The fourth-order valence-corrected chi connectivity index (χ4v) is 3.21. The van der Waals surface area contributed by atoms with Crippen molar-refractivity contribution < 1.29 is 14.7 Å². The molecule has 0 aliphatic heterocycles. The van der Waals surface area contributed by atoms with E-state index in [9.17, 15) is 14.7 Å². The Hall–Kier alpha value is -1.10. The van der Waals surface area contributed by atoms with Gasteiger partial charge in [0.05, 0.1) is 18.6 Å². The van der Waals surface area contributed by atoms with Crippen LogP contribution in [0.3, 0.4) is 0 Å². The van der Waals surface area contributed by atoms with Gasteiger partial charge in [-0.1, -0.05) is 12.8 Å². The second kappa shape index (κ2) is 5.69. The quantitative estimate of drug-likeness (QED) is 0.762. The summed E-state index contributed by atoms with van der Waals surface area (Å²) >= 11 is 0. The highest BCUT2D eigenvalue weighted by Gasteiger charge is 2.37. The molecule has 2 amide bonds. The van der Waals surface area contributed by atoms with Crippen LogP contribution in [0.15, 0.2) is 0 Å². The number of aliphatic hydroxyl groups excluding tert-OH is 1. The normalized spacial score (nSPS) is 28.5. The zero-order valence-corrected chi connectivity index (χ0v) is 10.7. The molecule has 2 aliphatic rings. The van der Waals surface area contributed by atoms with Crippen LogP contribution in [0.4, 0.5) is 0 Å². The number of nitrogens with two attached hydrogens (primary N) is 1. The lowest BCUT2D eigenvalue weighted by Crippen LogP contribution is -2.48. The molecule has 3 N–H and O–H groups in total. The molecule has 2 fully saturated rings. The fourth-order valence-electron chi connectivity index (χ4n) is 3.21. The summed E-state index contributed by atoms with van der Waals surface area (Å²) in [5.74, 6) is -0.876. The van der Waals surface area contributed by atoms with Crippen molar-refractivity contribution in [3.63, 3.8) is 0 Å². The molecule has 0 bridgehead atoms. The van der Waals surface area contributed by atoms with E-state index in [2.05, 4.69) is 0 Å². The third kappa shape index (κ3) is 2.83. The highest BCUT2D eigenvalue weighted by Crippen LogP contribution is 2.30. The summed E-state index contributed by atoms with van der Waals surface area (Å²) in [4.78, 5) is 25.2. The SMILES string of the molecule is NC(=O)CN(C(=O)C1CCCC1O)C1CCCC1. The first-order valence-corrected chi connectivity index (χ1v) is 6.86. The highest BCUT2D eigenvalue weighted by atomic mass is 16.3. The summed E-state index contributed by atoms with van der Waals surface area (Å²) in [6.45, 7) is -0.00722. The monoisotopic (exact) mass is 254 g/mol. The fraction of sp³-hybridized carbons (Fsp3) is 0.846. The maximum absolute atomic E-state index is 12.4. The molecule has 2 saturated carbocycles. The molecule has 0 spiro atoms. The van der Waals surface area contributed by atoms with E-state index < -0.39 is 12.0 Å². The van der Waals surface area contributed by atoms with E-state index in [1.807, 2.05) is 0 Å². The number of amides is 2. The van der Waals surface area contributed by atoms with Crippen molar-refractivity contribution in [3.05, 3.63) is 0 Å². The van der Waals surface area contributed by atoms with Crippen molar-refractivity contribution in [2.24, 2.45) is 11.7 Å². The van der Waals surface area contributed by atoms with Crippen molar-refractivity contribution in [2.75, 3.05) is 6.54 Å². The van der Waals surface area contributed by atoms with Gasteiger partial charge in [0.25, 0.3) is 0 Å². The van der Waals surface area contributed by atoms with E-state index >= 15 is 0 Å². The van der Waals surface area contributed by atoms with Gasteiger partial charge in [-0.2, -0.15) is 0 Å². The molecule has 5 nitrogen and oxygen atoms in total. The number of carbonyl (C=O) groups excluding carboxylic acids is 2. The van der Waals surface area contributed by atoms with Crippen LogP contribution in [-0.2, 0) is 9.59 Å². The molecule has 0 saturated heterocycles. The van der Waals surface area contributed by atoms with Gasteiger partial charge < -0.3 is 15.7 Å². The lowest BCUT2D eigenvalue weighted by atomic mass is 10.0. The highest BCUT2D eigenvalue weighted by molar-refractivity contribution is 5.85. The van der Waals surface area contributed by atoms with Crippen molar-refractivity contribution in [2.45, 2.75) is 57.1 Å². The average molecular weight is 254 g/mol. The van der Waals surface area contributed by atoms with Crippen LogP contribution in [0, 0.1) is 5.92 Å². The summed E-state index contributed by atoms with van der Waals surface area (Å²) < 4.78 is 0. The Morgan fingerprint density at radius 3 is 2.28 bits per heavy atom. The van der Waals surface area contributed by atoms with Gasteiger partial charge in [0.2, 0.25) is 11.8 Å². The molecule has 2 atom stereocenters. The minimum absolute atomic E-state index is 0.00722. The predicted octanol–water partition coefficient (Wildman–Crippen LogP) is 0.404. The number of carbonyl (C=O) groups is 2. The Balaban J connectivity index is 2.06. The summed E-state index contributed by atoms with van der Waals surface area (Å²) in [7, 11) is 0. The van der Waals surface area contributed by atoms with Crippen molar-refractivity contribution in [1.82, 2.24) is 4.90 Å². The van der Waals surface area contributed by atoms with Crippen LogP contribution < -0.4 is 5.73 Å². The van der Waals surface area contributed by atoms with Crippen molar-refractivity contribution in [3.8, 4) is 0 Å². The Bertz CT molecular complexity index is 326. The third-order valence-electron chi connectivity index (χ3n) is 4.17. The van der Waals surface area contributed by atoms with Gasteiger partial charge in [-0.05, 0) is 32.1 Å². The number of hydrogen-bond donors (Lipinski definition) is 2. The van der Waals surface area contributed by atoms with E-state index in [1.54, 1.807) is 4.90 Å². The molecular formula is C13H22N2O3. The van der Waals surface area contributed by atoms with Crippen LogP contribution in [0.2, 0.25) is 0 Å². The van der Waals surface area contributed by atoms with E-state index in [4.69, 9.17) is 5.73 Å². The molecule has 0 aromatic rings. The van der Waals surface area contributed by atoms with E-state index in [-0.39, 0.29) is 24.4 Å². The lowest BCUT2D eigenvalue weighted by Gasteiger charge is -2.31. The van der Waals surface area contributed by atoms with Gasteiger partial charge in [0.15, 0.2) is 0 Å². The smallest absolute Gasteiger partial charge is 0.237 e. The Morgan fingerprint density at radius 2 is 1.78 bits per heavy atom. The maximum Gasteiger partial charge on any atom is 0.237 e. The van der Waals surface area contributed by atoms with E-state index in [1.165, 1.54) is 0 Å². The zero-order valence-electron chi connectivity index (χ0n) is 10.7. The van der Waals surface area contributed by atoms with Gasteiger partial charge >= 0.3 is 0 Å². The number of rotatable bonds is 4. The minimum Gasteiger partial charge on any atom is -0.392 e. The molecule has 18 heavy (non-hydrogen) atoms. The summed E-state index contributed by atoms with van der Waals surface area (Å²) in [5, 5.41) is 9.82. The molecule has 0 aromatic heterocycles. The average Bonchev–Trinajstić information content (AvgIpc) is 2.95. The van der Waals surface area contributed by atoms with Gasteiger partial charge in [-0.3, -0.25) is 9.59 Å². The summed E-state index contributed by atoms with van der Waals surface area (Å²) in [6.07, 6.45) is 5.83. The first-order chi connectivity index (χ1) is 8.59. The Labute approximate surface area is 107 Å². The van der Waals surface area contributed by atoms with Gasteiger partial charge in [-0.15, -0.1) is 0 Å². The van der Waals surface area contributed by atoms with Gasteiger partial charge in [-0.25, -0.2) is 0 Å². The molecule has 5 heteroatoms. The lowest BCUT2D eigenvalue weighted by molar-refractivity contribution is -0.143. The molecule has 0 heterocycles. The molecular weight excluding hydrogens is 232 g/mol. The second-order valence-corrected chi connectivity index (χ2v) is 5.48. The first-order valence-electron chi connectivity index (χ1n) is 6.86. The van der Waals surface area contributed by atoms with Crippen molar-refractivity contribution in [1.29, 1.82) is 0 Å². The van der Waals surface area contributed by atoms with Crippen LogP contribution in [0.1, 0.15) is 44.9 Å². The standard InChI is InChI=1S/C13H22N2O3/c14-12(17)8-15(9-4-1-2-5-9)13(18)10-6-3-7-11(10)16/h9-11,16H,1-8H2,(H2,14,17). The summed E-state index contributed by atoms with van der Waals surface area (Å²) in [6, 6.07) is 0.137.